The number of methoxy groups -OCH3 is 1. The van der Waals surface area contributed by atoms with Crippen LogP contribution < -0.4 is 19.9 Å². The fourth-order valence-corrected chi connectivity index (χ4v) is 4.40. The minimum atomic E-state index is -0.750. The molecular weight excluding hydrogens is 465 g/mol. The summed E-state index contributed by atoms with van der Waals surface area (Å²) in [5.41, 5.74) is 0.211. The van der Waals surface area contributed by atoms with Gasteiger partial charge in [-0.05, 0) is 12.1 Å². The normalized spacial score (nSPS) is 18.7. The van der Waals surface area contributed by atoms with Crippen LogP contribution in [0.25, 0.3) is 0 Å². The highest BCUT2D eigenvalue weighted by molar-refractivity contribution is 7.18. The van der Waals surface area contributed by atoms with E-state index in [-0.39, 0.29) is 55.2 Å². The largest absolute Gasteiger partial charge is 0.494 e. The van der Waals surface area contributed by atoms with E-state index in [2.05, 4.69) is 5.32 Å². The summed E-state index contributed by atoms with van der Waals surface area (Å²) in [5, 5.41) is 2.68. The van der Waals surface area contributed by atoms with Gasteiger partial charge in [0.05, 0.1) is 47.4 Å². The molecule has 0 spiro atoms. The van der Waals surface area contributed by atoms with Gasteiger partial charge in [0.25, 0.3) is 11.8 Å². The van der Waals surface area contributed by atoms with Crippen molar-refractivity contribution >= 4 is 52.2 Å². The van der Waals surface area contributed by atoms with Gasteiger partial charge >= 0.3 is 6.09 Å². The van der Waals surface area contributed by atoms with E-state index in [0.29, 0.717) is 15.8 Å². The van der Waals surface area contributed by atoms with Crippen molar-refractivity contribution in [3.63, 3.8) is 0 Å². The maximum absolute atomic E-state index is 15.0. The number of carbonyl (C=O) groups excluding carboxylic acids is 3. The lowest BCUT2D eigenvalue weighted by Crippen LogP contribution is -2.42. The number of benzene rings is 1. The van der Waals surface area contributed by atoms with Crippen LogP contribution in [0.4, 0.5) is 20.6 Å². The fraction of sp³-hybridized carbons (Fsp3) is 0.350. The van der Waals surface area contributed by atoms with Gasteiger partial charge in [-0.3, -0.25) is 14.5 Å². The van der Waals surface area contributed by atoms with Crippen molar-refractivity contribution in [3.8, 4) is 5.75 Å². The molecule has 3 amide bonds. The molecule has 170 valence electrons. The summed E-state index contributed by atoms with van der Waals surface area (Å²) in [6.45, 7) is 0.560. The van der Waals surface area contributed by atoms with E-state index in [4.69, 9.17) is 25.8 Å². The number of ether oxygens (including phenoxy) is 3. The van der Waals surface area contributed by atoms with Gasteiger partial charge < -0.3 is 24.4 Å². The zero-order valence-corrected chi connectivity index (χ0v) is 18.5. The summed E-state index contributed by atoms with van der Waals surface area (Å²) >= 11 is 6.97. The predicted molar refractivity (Wildman–Crippen MR) is 115 cm³/mol. The molecule has 1 atom stereocenters. The number of carbonyl (C=O) groups is 3. The third-order valence-electron chi connectivity index (χ3n) is 4.98. The van der Waals surface area contributed by atoms with Crippen LogP contribution in [0.1, 0.15) is 9.67 Å². The molecule has 0 saturated carbocycles. The number of morpholine rings is 1. The molecule has 4 rings (SSSR count). The highest BCUT2D eigenvalue weighted by Crippen LogP contribution is 2.37. The zero-order valence-electron chi connectivity index (χ0n) is 16.9. The van der Waals surface area contributed by atoms with E-state index in [1.807, 2.05) is 0 Å². The zero-order chi connectivity index (χ0) is 22.8. The molecule has 2 saturated heterocycles. The maximum atomic E-state index is 15.0. The summed E-state index contributed by atoms with van der Waals surface area (Å²) in [7, 11) is 1.39. The first-order valence-corrected chi connectivity index (χ1v) is 10.8. The molecule has 0 bridgehead atoms. The third kappa shape index (κ3) is 4.50. The van der Waals surface area contributed by atoms with Gasteiger partial charge in [0.1, 0.15) is 24.3 Å². The van der Waals surface area contributed by atoms with Crippen molar-refractivity contribution in [1.29, 1.82) is 0 Å². The number of hydrogen-bond acceptors (Lipinski definition) is 7. The molecular formula is C20H19ClFN3O6S. The highest BCUT2D eigenvalue weighted by Gasteiger charge is 2.35. The summed E-state index contributed by atoms with van der Waals surface area (Å²) in [6, 6.07) is 5.71. The molecule has 2 aliphatic heterocycles. The molecule has 1 aromatic heterocycles. The SMILES string of the molecule is COc1cc(N2C[C@H](CNC(=O)c3ccc(Cl)s3)OC2=O)c(F)cc1N1CCOCC1=O. The Balaban J connectivity index is 1.47. The second-order valence-corrected chi connectivity index (χ2v) is 8.72. The van der Waals surface area contributed by atoms with Crippen LogP contribution in [-0.4, -0.2) is 64.0 Å². The van der Waals surface area contributed by atoms with Gasteiger partial charge in [0, 0.05) is 18.7 Å². The average molecular weight is 484 g/mol. The molecule has 2 aromatic rings. The van der Waals surface area contributed by atoms with E-state index in [9.17, 15) is 18.8 Å². The monoisotopic (exact) mass is 483 g/mol. The molecule has 3 heterocycles. The second-order valence-electron chi connectivity index (χ2n) is 7.00. The highest BCUT2D eigenvalue weighted by atomic mass is 35.5. The van der Waals surface area contributed by atoms with Crippen LogP contribution in [-0.2, 0) is 14.3 Å². The third-order valence-corrected chi connectivity index (χ3v) is 6.21. The van der Waals surface area contributed by atoms with Crippen LogP contribution in [0, 0.1) is 5.82 Å². The number of amides is 3. The standard InChI is InChI=1S/C20H19ClFN3O6S/c1-29-15-7-13(12(22)6-14(15)24-4-5-30-10-18(24)26)25-9-11(31-20(25)28)8-23-19(27)16-2-3-17(21)32-16/h2-3,6-7,11H,4-5,8-10H2,1H3,(H,23,27)/t11-/m0/s1. The van der Waals surface area contributed by atoms with Crippen molar-refractivity contribution < 1.29 is 33.0 Å². The number of nitrogens with one attached hydrogen (secondary N) is 1. The Bertz CT molecular complexity index is 1060. The maximum Gasteiger partial charge on any atom is 0.414 e. The number of rotatable bonds is 6. The molecule has 0 aliphatic carbocycles. The first-order valence-electron chi connectivity index (χ1n) is 9.64. The minimum absolute atomic E-state index is 0.0280. The second kappa shape index (κ2) is 9.31. The van der Waals surface area contributed by atoms with Crippen molar-refractivity contribution in [2.45, 2.75) is 6.10 Å². The van der Waals surface area contributed by atoms with Gasteiger partial charge in [-0.1, -0.05) is 11.6 Å². The molecule has 2 aliphatic rings. The van der Waals surface area contributed by atoms with Gasteiger partial charge in [-0.2, -0.15) is 0 Å². The Morgan fingerprint density at radius 3 is 2.81 bits per heavy atom. The van der Waals surface area contributed by atoms with Crippen LogP contribution in [0.3, 0.4) is 0 Å². The van der Waals surface area contributed by atoms with Gasteiger partial charge in [0.15, 0.2) is 0 Å². The van der Waals surface area contributed by atoms with Crippen LogP contribution in [0.2, 0.25) is 4.34 Å². The molecule has 2 fully saturated rings. The lowest BCUT2D eigenvalue weighted by Gasteiger charge is -2.29. The van der Waals surface area contributed by atoms with E-state index < -0.39 is 18.0 Å². The first-order chi connectivity index (χ1) is 15.4. The smallest absolute Gasteiger partial charge is 0.414 e. The predicted octanol–water partition coefficient (Wildman–Crippen LogP) is 2.67. The van der Waals surface area contributed by atoms with Crippen molar-refractivity contribution in [1.82, 2.24) is 5.32 Å². The summed E-state index contributed by atoms with van der Waals surface area (Å²) in [6.07, 6.45) is -1.42. The number of hydrogen-bond donors (Lipinski definition) is 1. The van der Waals surface area contributed by atoms with Crippen molar-refractivity contribution in [2.75, 3.05) is 49.8 Å². The number of cyclic esters (lactones) is 1. The molecule has 1 aromatic carbocycles. The summed E-state index contributed by atoms with van der Waals surface area (Å²) in [5.74, 6) is -1.14. The van der Waals surface area contributed by atoms with Crippen LogP contribution >= 0.6 is 22.9 Å². The van der Waals surface area contributed by atoms with E-state index >= 15 is 0 Å². The van der Waals surface area contributed by atoms with Crippen molar-refractivity contribution in [3.05, 3.63) is 39.3 Å². The Morgan fingerprint density at radius 1 is 1.31 bits per heavy atom. The topological polar surface area (TPSA) is 97.4 Å². The van der Waals surface area contributed by atoms with E-state index in [0.717, 1.165) is 22.3 Å². The Hall–Kier alpha value is -2.89. The first kappa shape index (κ1) is 22.3. The Labute approximate surface area is 191 Å². The van der Waals surface area contributed by atoms with Crippen LogP contribution in [0.15, 0.2) is 24.3 Å². The molecule has 12 heteroatoms. The van der Waals surface area contributed by atoms with Gasteiger partial charge in [0.2, 0.25) is 0 Å². The number of anilines is 2. The molecule has 0 unspecified atom stereocenters. The fourth-order valence-electron chi connectivity index (χ4n) is 3.44. The number of thiophene rings is 1. The minimum Gasteiger partial charge on any atom is -0.494 e. The summed E-state index contributed by atoms with van der Waals surface area (Å²) in [4.78, 5) is 39.6. The lowest BCUT2D eigenvalue weighted by atomic mass is 10.2. The lowest BCUT2D eigenvalue weighted by molar-refractivity contribution is -0.125. The number of halogens is 2. The molecule has 9 nitrogen and oxygen atoms in total. The summed E-state index contributed by atoms with van der Waals surface area (Å²) < 4.78 is 31.2. The van der Waals surface area contributed by atoms with Crippen molar-refractivity contribution in [2.24, 2.45) is 0 Å². The Kier molecular flexibility index (Phi) is 6.49. The van der Waals surface area contributed by atoms with Gasteiger partial charge in [-0.25, -0.2) is 9.18 Å². The quantitative estimate of drug-likeness (QED) is 0.678. The van der Waals surface area contributed by atoms with Crippen LogP contribution in [0.5, 0.6) is 5.75 Å². The van der Waals surface area contributed by atoms with E-state index in [1.54, 1.807) is 12.1 Å². The average Bonchev–Trinajstić information content (AvgIpc) is 3.37. The molecule has 32 heavy (non-hydrogen) atoms. The van der Waals surface area contributed by atoms with E-state index in [1.165, 1.54) is 18.1 Å². The molecule has 0 radical (unpaired) electrons. The number of nitrogens with zero attached hydrogens (tertiary/aromatic N) is 2. The Morgan fingerprint density at radius 2 is 2.12 bits per heavy atom. The van der Waals surface area contributed by atoms with Gasteiger partial charge in [-0.15, -0.1) is 11.3 Å². The molecule has 1 N–H and O–H groups in total.